The molecular weight excluding hydrogens is 312 g/mol. The van der Waals surface area contributed by atoms with Crippen molar-refractivity contribution in [1.82, 2.24) is 10.4 Å². The van der Waals surface area contributed by atoms with Crippen molar-refractivity contribution < 1.29 is 9.59 Å². The molecule has 3 N–H and O–H groups in total. The second-order valence-corrected chi connectivity index (χ2v) is 5.80. The molecule has 1 aromatic heterocycles. The fourth-order valence-electron chi connectivity index (χ4n) is 1.85. The first-order valence-corrected chi connectivity index (χ1v) is 8.41. The molecule has 0 unspecified atom stereocenters. The summed E-state index contributed by atoms with van der Waals surface area (Å²) >= 11 is 1.42. The summed E-state index contributed by atoms with van der Waals surface area (Å²) in [6, 6.07) is 7.50. The summed E-state index contributed by atoms with van der Waals surface area (Å²) < 4.78 is 0. The van der Waals surface area contributed by atoms with Gasteiger partial charge in [-0.1, -0.05) is 26.0 Å². The number of hydrazine groups is 1. The average molecular weight is 332 g/mol. The Labute approximate surface area is 139 Å². The molecule has 1 heterocycles. The molecule has 122 valence electrons. The molecule has 23 heavy (non-hydrogen) atoms. The van der Waals surface area contributed by atoms with E-state index < -0.39 is 0 Å². The highest BCUT2D eigenvalue weighted by molar-refractivity contribution is 7.14. The van der Waals surface area contributed by atoms with Crippen molar-refractivity contribution in [3.63, 3.8) is 0 Å². The van der Waals surface area contributed by atoms with E-state index in [1.807, 2.05) is 43.5 Å². The molecule has 0 atom stereocenters. The maximum absolute atomic E-state index is 11.4. The van der Waals surface area contributed by atoms with E-state index in [0.29, 0.717) is 18.0 Å². The summed E-state index contributed by atoms with van der Waals surface area (Å²) in [4.78, 5) is 27.2. The second-order valence-electron chi connectivity index (χ2n) is 4.94. The van der Waals surface area contributed by atoms with Crippen LogP contribution in [0.2, 0.25) is 0 Å². The Hall–Kier alpha value is -2.41. The summed E-state index contributed by atoms with van der Waals surface area (Å²) in [5.41, 5.74) is 7.96. The highest BCUT2D eigenvalue weighted by Gasteiger charge is 2.06. The zero-order valence-corrected chi connectivity index (χ0v) is 14.0. The van der Waals surface area contributed by atoms with E-state index in [0.717, 1.165) is 23.4 Å². The van der Waals surface area contributed by atoms with Crippen LogP contribution >= 0.6 is 11.3 Å². The number of benzene rings is 1. The molecule has 2 aromatic rings. The lowest BCUT2D eigenvalue weighted by Crippen LogP contribution is -2.28. The predicted molar refractivity (Wildman–Crippen MR) is 93.1 cm³/mol. The van der Waals surface area contributed by atoms with E-state index in [1.165, 1.54) is 11.3 Å². The molecule has 2 amide bonds. The first-order valence-electron chi connectivity index (χ1n) is 7.53. The molecule has 0 fully saturated rings. The van der Waals surface area contributed by atoms with Gasteiger partial charge in [-0.05, 0) is 18.6 Å². The van der Waals surface area contributed by atoms with Crippen LogP contribution in [0.1, 0.15) is 33.1 Å². The topological polar surface area (TPSA) is 83.1 Å². The third-order valence-corrected chi connectivity index (χ3v) is 3.83. The number of nitrogens with one attached hydrogen (secondary N) is 3. The minimum Gasteiger partial charge on any atom is -0.326 e. The van der Waals surface area contributed by atoms with Crippen LogP contribution in [0.15, 0.2) is 29.6 Å². The molecule has 0 spiro atoms. The van der Waals surface area contributed by atoms with Crippen molar-refractivity contribution in [2.75, 3.05) is 10.7 Å². The fraction of sp³-hybridized carbons (Fsp3) is 0.312. The summed E-state index contributed by atoms with van der Waals surface area (Å²) in [6.45, 7) is 3.76. The fourth-order valence-corrected chi connectivity index (χ4v) is 2.52. The minimum atomic E-state index is -0.0553. The molecule has 0 aliphatic carbocycles. The van der Waals surface area contributed by atoms with Gasteiger partial charge in [-0.15, -0.1) is 11.3 Å². The van der Waals surface area contributed by atoms with E-state index in [9.17, 15) is 9.59 Å². The number of thiazole rings is 1. The molecule has 0 radical (unpaired) electrons. The third kappa shape index (κ3) is 5.07. The van der Waals surface area contributed by atoms with Gasteiger partial charge in [-0.2, -0.15) is 0 Å². The van der Waals surface area contributed by atoms with Crippen molar-refractivity contribution in [3.05, 3.63) is 29.6 Å². The van der Waals surface area contributed by atoms with Crippen LogP contribution in [0.25, 0.3) is 11.3 Å². The van der Waals surface area contributed by atoms with E-state index in [2.05, 4.69) is 21.2 Å². The van der Waals surface area contributed by atoms with Crippen LogP contribution in [0.3, 0.4) is 0 Å². The molecule has 1 aromatic carbocycles. The van der Waals surface area contributed by atoms with Gasteiger partial charge in [0.1, 0.15) is 0 Å². The normalized spacial score (nSPS) is 10.2. The molecule has 0 saturated carbocycles. The largest absolute Gasteiger partial charge is 0.326 e. The van der Waals surface area contributed by atoms with Crippen LogP contribution in [0.5, 0.6) is 0 Å². The number of rotatable bonds is 7. The lowest BCUT2D eigenvalue weighted by atomic mass is 10.1. The smallest absolute Gasteiger partial charge is 0.238 e. The zero-order chi connectivity index (χ0) is 16.7. The quantitative estimate of drug-likeness (QED) is 0.679. The molecule has 2 rings (SSSR count). The van der Waals surface area contributed by atoms with Crippen LogP contribution in [0, 0.1) is 0 Å². The van der Waals surface area contributed by atoms with Crippen LogP contribution in [0.4, 0.5) is 10.8 Å². The van der Waals surface area contributed by atoms with E-state index in [-0.39, 0.29) is 11.8 Å². The van der Waals surface area contributed by atoms with Gasteiger partial charge in [0.15, 0.2) is 0 Å². The standard InChI is InChI=1S/C16H20N4O2S/c1-3-5-15(22)19-20-16-18-13(10-23-16)11-6-8-12(9-7-11)17-14(21)4-2/h6-10H,3-5H2,1-2H3,(H,17,21)(H,18,20)(H,19,22). The van der Waals surface area contributed by atoms with Gasteiger partial charge in [-0.3, -0.25) is 20.4 Å². The Morgan fingerprint density at radius 2 is 1.87 bits per heavy atom. The number of aromatic nitrogens is 1. The highest BCUT2D eigenvalue weighted by atomic mass is 32.1. The lowest BCUT2D eigenvalue weighted by Gasteiger charge is -2.05. The van der Waals surface area contributed by atoms with Gasteiger partial charge in [-0.25, -0.2) is 4.98 Å². The Morgan fingerprint density at radius 3 is 2.52 bits per heavy atom. The summed E-state index contributed by atoms with van der Waals surface area (Å²) in [5.74, 6) is -0.0685. The third-order valence-electron chi connectivity index (χ3n) is 3.08. The van der Waals surface area contributed by atoms with Gasteiger partial charge in [0, 0.05) is 29.5 Å². The maximum Gasteiger partial charge on any atom is 0.238 e. The van der Waals surface area contributed by atoms with Gasteiger partial charge >= 0.3 is 0 Å². The highest BCUT2D eigenvalue weighted by Crippen LogP contribution is 2.25. The Kier molecular flexibility index (Phi) is 6.10. The lowest BCUT2D eigenvalue weighted by molar-refractivity contribution is -0.120. The number of amides is 2. The Balaban J connectivity index is 1.97. The minimum absolute atomic E-state index is 0.0132. The van der Waals surface area contributed by atoms with Crippen LogP contribution < -0.4 is 16.2 Å². The van der Waals surface area contributed by atoms with Crippen molar-refractivity contribution in [2.45, 2.75) is 33.1 Å². The van der Waals surface area contributed by atoms with Gasteiger partial charge in [0.05, 0.1) is 5.69 Å². The molecule has 7 heteroatoms. The number of hydrogen-bond donors (Lipinski definition) is 3. The van der Waals surface area contributed by atoms with E-state index >= 15 is 0 Å². The van der Waals surface area contributed by atoms with Crippen molar-refractivity contribution in [3.8, 4) is 11.3 Å². The number of anilines is 2. The van der Waals surface area contributed by atoms with Crippen molar-refractivity contribution >= 4 is 34.0 Å². The van der Waals surface area contributed by atoms with Crippen molar-refractivity contribution in [2.24, 2.45) is 0 Å². The molecule has 0 bridgehead atoms. The Bertz CT molecular complexity index is 667. The number of nitrogens with zero attached hydrogens (tertiary/aromatic N) is 1. The average Bonchev–Trinajstić information content (AvgIpc) is 3.03. The van der Waals surface area contributed by atoms with Gasteiger partial charge in [0.2, 0.25) is 16.9 Å². The first kappa shape index (κ1) is 17.0. The number of hydrogen-bond acceptors (Lipinski definition) is 5. The van der Waals surface area contributed by atoms with Gasteiger partial charge in [0.25, 0.3) is 0 Å². The van der Waals surface area contributed by atoms with Crippen LogP contribution in [-0.2, 0) is 9.59 Å². The summed E-state index contributed by atoms with van der Waals surface area (Å²) in [5, 5.41) is 5.35. The Morgan fingerprint density at radius 1 is 1.13 bits per heavy atom. The van der Waals surface area contributed by atoms with E-state index in [4.69, 9.17) is 0 Å². The van der Waals surface area contributed by atoms with Gasteiger partial charge < -0.3 is 5.32 Å². The van der Waals surface area contributed by atoms with Crippen LogP contribution in [-0.4, -0.2) is 16.8 Å². The molecule has 6 nitrogen and oxygen atoms in total. The first-order chi connectivity index (χ1) is 11.1. The SMILES string of the molecule is CCCC(=O)NNc1nc(-c2ccc(NC(=O)CC)cc2)cs1. The molecule has 0 saturated heterocycles. The second kappa shape index (κ2) is 8.28. The summed E-state index contributed by atoms with van der Waals surface area (Å²) in [6.07, 6.45) is 1.74. The van der Waals surface area contributed by atoms with Crippen molar-refractivity contribution in [1.29, 1.82) is 0 Å². The predicted octanol–water partition coefficient (Wildman–Crippen LogP) is 3.40. The zero-order valence-electron chi connectivity index (χ0n) is 13.2. The maximum atomic E-state index is 11.4. The summed E-state index contributed by atoms with van der Waals surface area (Å²) in [7, 11) is 0. The van der Waals surface area contributed by atoms with E-state index in [1.54, 1.807) is 0 Å². The molecular formula is C16H20N4O2S. The monoisotopic (exact) mass is 332 g/mol. The molecule has 0 aliphatic rings. The number of carbonyl (C=O) groups excluding carboxylic acids is 2. The number of carbonyl (C=O) groups is 2. The molecule has 0 aliphatic heterocycles.